The highest BCUT2D eigenvalue weighted by atomic mass is 19.2. The fourth-order valence-corrected chi connectivity index (χ4v) is 4.73. The van der Waals surface area contributed by atoms with E-state index in [-0.39, 0.29) is 18.9 Å². The Hall–Kier alpha value is -3.99. The largest absolute Gasteiger partial charge is 0.489 e. The van der Waals surface area contributed by atoms with Crippen molar-refractivity contribution in [3.05, 3.63) is 70.9 Å². The number of benzene rings is 1. The van der Waals surface area contributed by atoms with E-state index in [4.69, 9.17) is 9.47 Å². The summed E-state index contributed by atoms with van der Waals surface area (Å²) in [6.45, 7) is 13.3. The van der Waals surface area contributed by atoms with Gasteiger partial charge in [-0.25, -0.2) is 14.2 Å². The maximum absolute atomic E-state index is 15.2. The smallest absolute Gasteiger partial charge is 0.410 e. The number of carbonyl (C=O) groups excluding carboxylic acids is 1. The van der Waals surface area contributed by atoms with Crippen molar-refractivity contribution < 1.29 is 28.2 Å². The summed E-state index contributed by atoms with van der Waals surface area (Å²) in [5.41, 5.74) is 3.39. The van der Waals surface area contributed by atoms with Crippen molar-refractivity contribution in [1.29, 1.82) is 0 Å². The van der Waals surface area contributed by atoms with Crippen LogP contribution >= 0.6 is 0 Å². The molecule has 0 aliphatic rings. The van der Waals surface area contributed by atoms with E-state index in [1.165, 1.54) is 11.0 Å². The Morgan fingerprint density at radius 3 is 2.47 bits per heavy atom. The zero-order valence-electron chi connectivity index (χ0n) is 26.3. The van der Waals surface area contributed by atoms with Gasteiger partial charge in [0.1, 0.15) is 17.4 Å². The summed E-state index contributed by atoms with van der Waals surface area (Å²) in [6.07, 6.45) is 2.46. The third-order valence-corrected chi connectivity index (χ3v) is 7.21. The molecule has 3 aromatic heterocycles. The van der Waals surface area contributed by atoms with E-state index < -0.39 is 34.8 Å². The molecule has 4 aromatic rings. The number of aryl methyl sites for hydroxylation is 1. The van der Waals surface area contributed by atoms with Gasteiger partial charge in [0.2, 0.25) is 5.82 Å². The van der Waals surface area contributed by atoms with Gasteiger partial charge in [-0.15, -0.1) is 0 Å². The highest BCUT2D eigenvalue weighted by molar-refractivity contribution is 5.72. The molecule has 0 saturated carbocycles. The first-order chi connectivity index (χ1) is 20.0. The van der Waals surface area contributed by atoms with Crippen molar-refractivity contribution in [2.75, 3.05) is 13.7 Å². The molecule has 9 nitrogen and oxygen atoms in total. The fraction of sp³-hybridized carbons (Fsp3) is 0.469. The average Bonchev–Trinajstić information content (AvgIpc) is 3.44. The van der Waals surface area contributed by atoms with Crippen molar-refractivity contribution in [3.8, 4) is 16.9 Å². The Balaban J connectivity index is 1.62. The summed E-state index contributed by atoms with van der Waals surface area (Å²) in [6, 6.07) is 6.06. The Labute approximate surface area is 251 Å². The number of nitrogens with zero attached hydrogens (tertiary/aromatic N) is 5. The number of pyridine rings is 1. The van der Waals surface area contributed by atoms with Crippen molar-refractivity contribution in [3.63, 3.8) is 0 Å². The van der Waals surface area contributed by atoms with E-state index in [2.05, 4.69) is 10.1 Å². The minimum absolute atomic E-state index is 0.0308. The predicted molar refractivity (Wildman–Crippen MR) is 160 cm³/mol. The summed E-state index contributed by atoms with van der Waals surface area (Å²) >= 11 is 0. The lowest BCUT2D eigenvalue weighted by Crippen LogP contribution is -2.34. The summed E-state index contributed by atoms with van der Waals surface area (Å²) < 4.78 is 44.5. The molecule has 4 rings (SSSR count). The number of rotatable bonds is 8. The molecule has 11 heteroatoms. The number of ether oxygens (including phenoxy) is 2. The number of aromatic nitrogens is 4. The van der Waals surface area contributed by atoms with E-state index in [1.54, 1.807) is 68.5 Å². The van der Waals surface area contributed by atoms with Gasteiger partial charge in [0.15, 0.2) is 11.6 Å². The molecule has 1 amide bonds. The van der Waals surface area contributed by atoms with Crippen LogP contribution in [0.2, 0.25) is 0 Å². The van der Waals surface area contributed by atoms with Crippen LogP contribution in [0.1, 0.15) is 70.3 Å². The van der Waals surface area contributed by atoms with Gasteiger partial charge in [-0.1, -0.05) is 20.8 Å². The van der Waals surface area contributed by atoms with Gasteiger partial charge in [-0.05, 0) is 57.4 Å². The van der Waals surface area contributed by atoms with Crippen molar-refractivity contribution in [2.45, 2.75) is 73.1 Å². The molecule has 0 bridgehead atoms. The van der Waals surface area contributed by atoms with Crippen LogP contribution in [0.3, 0.4) is 0 Å². The molecular formula is C32H41F2N5O4. The first-order valence-corrected chi connectivity index (χ1v) is 14.2. The second-order valence-electron chi connectivity index (χ2n) is 12.9. The number of hydrogen-bond acceptors (Lipinski definition) is 6. The lowest BCUT2D eigenvalue weighted by Gasteiger charge is -2.25. The molecule has 0 fully saturated rings. The molecule has 43 heavy (non-hydrogen) atoms. The number of amides is 1. The van der Waals surface area contributed by atoms with Gasteiger partial charge in [-0.2, -0.15) is 9.49 Å². The second-order valence-corrected chi connectivity index (χ2v) is 12.9. The highest BCUT2D eigenvalue weighted by Crippen LogP contribution is 2.36. The Kier molecular flexibility index (Phi) is 8.87. The van der Waals surface area contributed by atoms with Crippen molar-refractivity contribution in [2.24, 2.45) is 12.5 Å². The third kappa shape index (κ3) is 6.98. The number of hydrogen-bond donors (Lipinski definition) is 1. The first kappa shape index (κ1) is 31.9. The fourth-order valence-electron chi connectivity index (χ4n) is 4.73. The molecule has 0 radical (unpaired) electrons. The van der Waals surface area contributed by atoms with Crippen LogP contribution in [-0.4, -0.2) is 54.5 Å². The summed E-state index contributed by atoms with van der Waals surface area (Å²) in [4.78, 5) is 18.4. The van der Waals surface area contributed by atoms with Gasteiger partial charge in [0.05, 0.1) is 30.7 Å². The van der Waals surface area contributed by atoms with Crippen LogP contribution in [0, 0.1) is 24.0 Å². The van der Waals surface area contributed by atoms with Gasteiger partial charge < -0.3 is 23.9 Å². The van der Waals surface area contributed by atoms with E-state index >= 15 is 4.39 Å². The number of fused-ring (bicyclic) bond motifs is 1. The summed E-state index contributed by atoms with van der Waals surface area (Å²) in [5, 5.41) is 15.4. The molecule has 232 valence electrons. The van der Waals surface area contributed by atoms with Crippen LogP contribution in [0.25, 0.3) is 16.8 Å². The standard InChI is InChI=1S/C32H41F2N5O4/c1-19-22(27(36-38(19)9)29(40)31(2,3)4)14-15-42-28-23(11-12-24(33)26(28)34)20-10-13-25-35-16-21(39(25)17-20)18-37(8)30(41)43-32(5,6)7/h10-13,16-17,29,40H,14-15,18H2,1-9H3. The van der Waals surface area contributed by atoms with E-state index in [1.807, 2.05) is 27.7 Å². The van der Waals surface area contributed by atoms with Crippen LogP contribution in [0.4, 0.5) is 13.6 Å². The monoisotopic (exact) mass is 597 g/mol. The molecule has 1 atom stereocenters. The second kappa shape index (κ2) is 11.9. The Morgan fingerprint density at radius 2 is 1.81 bits per heavy atom. The molecule has 3 heterocycles. The predicted octanol–water partition coefficient (Wildman–Crippen LogP) is 6.39. The molecule has 1 N–H and O–H groups in total. The number of aliphatic hydroxyl groups excluding tert-OH is 1. The van der Waals surface area contributed by atoms with Gasteiger partial charge in [0.25, 0.3) is 0 Å². The zero-order valence-corrected chi connectivity index (χ0v) is 26.3. The minimum atomic E-state index is -1.09. The van der Waals surface area contributed by atoms with Crippen molar-refractivity contribution in [1.82, 2.24) is 24.1 Å². The van der Waals surface area contributed by atoms with E-state index in [0.29, 0.717) is 34.6 Å². The molecule has 0 saturated heterocycles. The molecule has 0 spiro atoms. The van der Waals surface area contributed by atoms with E-state index in [0.717, 1.165) is 17.3 Å². The summed E-state index contributed by atoms with van der Waals surface area (Å²) in [5.74, 6) is -2.33. The quantitative estimate of drug-likeness (QED) is 0.253. The van der Waals surface area contributed by atoms with Crippen LogP contribution in [-0.2, 0) is 24.8 Å². The molecule has 0 aliphatic carbocycles. The molecular weight excluding hydrogens is 556 g/mol. The van der Waals surface area contributed by atoms with Gasteiger partial charge in [0, 0.05) is 49.1 Å². The molecule has 1 unspecified atom stereocenters. The normalized spacial score (nSPS) is 12.9. The average molecular weight is 598 g/mol. The SMILES string of the molecule is Cc1c(CCOc2c(-c3ccc4ncc(CN(C)C(=O)OC(C)(C)C)n4c3)ccc(F)c2F)c(C(O)C(C)(C)C)nn1C. The zero-order chi connectivity index (χ0) is 31.9. The first-order valence-electron chi connectivity index (χ1n) is 14.2. The number of aliphatic hydroxyl groups is 1. The Morgan fingerprint density at radius 1 is 1.12 bits per heavy atom. The van der Waals surface area contributed by atoms with Crippen LogP contribution in [0.15, 0.2) is 36.7 Å². The van der Waals surface area contributed by atoms with Gasteiger partial charge >= 0.3 is 6.09 Å². The lowest BCUT2D eigenvalue weighted by molar-refractivity contribution is 0.0282. The van der Waals surface area contributed by atoms with Crippen LogP contribution < -0.4 is 4.74 Å². The van der Waals surface area contributed by atoms with Crippen LogP contribution in [0.5, 0.6) is 5.75 Å². The topological polar surface area (TPSA) is 94.1 Å². The third-order valence-electron chi connectivity index (χ3n) is 7.21. The highest BCUT2D eigenvalue weighted by Gasteiger charge is 2.30. The molecule has 0 aliphatic heterocycles. The number of halogens is 2. The molecule has 1 aromatic carbocycles. The Bertz CT molecular complexity index is 1630. The maximum atomic E-state index is 15.2. The van der Waals surface area contributed by atoms with Gasteiger partial charge in [-0.3, -0.25) is 4.68 Å². The lowest BCUT2D eigenvalue weighted by atomic mass is 9.85. The minimum Gasteiger partial charge on any atom is -0.489 e. The van der Waals surface area contributed by atoms with E-state index in [9.17, 15) is 14.3 Å². The van der Waals surface area contributed by atoms with Crippen molar-refractivity contribution >= 4 is 11.7 Å². The summed E-state index contributed by atoms with van der Waals surface area (Å²) in [7, 11) is 3.43. The number of imidazole rings is 1. The maximum Gasteiger partial charge on any atom is 0.410 e. The number of carbonyl (C=O) groups is 1.